The Bertz CT molecular complexity index is 366. The van der Waals surface area contributed by atoms with Gasteiger partial charge in [-0.2, -0.15) is 0 Å². The maximum Gasteiger partial charge on any atom is 0.240 e. The van der Waals surface area contributed by atoms with Crippen molar-refractivity contribution >= 4 is 5.91 Å². The lowest BCUT2D eigenvalue weighted by Crippen LogP contribution is -2.70. The summed E-state index contributed by atoms with van der Waals surface area (Å²) in [5.74, 6) is 4.49. The van der Waals surface area contributed by atoms with Crippen molar-refractivity contribution in [2.24, 2.45) is 29.6 Å². The number of hydrogen-bond donors (Lipinski definition) is 2. The van der Waals surface area contributed by atoms with E-state index in [4.69, 9.17) is 0 Å². The molecule has 106 valence electrons. The molecule has 3 heteroatoms. The van der Waals surface area contributed by atoms with Gasteiger partial charge in [-0.1, -0.05) is 6.92 Å². The van der Waals surface area contributed by atoms with Crippen LogP contribution in [0, 0.1) is 29.6 Å². The summed E-state index contributed by atoms with van der Waals surface area (Å²) in [4.78, 5) is 12.6. The smallest absolute Gasteiger partial charge is 0.240 e. The monoisotopic (exact) mass is 262 g/mol. The molecule has 1 atom stereocenters. The summed E-state index contributed by atoms with van der Waals surface area (Å²) < 4.78 is 0. The Morgan fingerprint density at radius 3 is 2.21 bits per heavy atom. The normalized spacial score (nSPS) is 52.3. The van der Waals surface area contributed by atoms with Crippen LogP contribution in [0.2, 0.25) is 0 Å². The van der Waals surface area contributed by atoms with Crippen molar-refractivity contribution in [3.05, 3.63) is 0 Å². The van der Waals surface area contributed by atoms with Crippen LogP contribution in [0.4, 0.5) is 0 Å². The molecule has 0 radical (unpaired) electrons. The molecule has 5 rings (SSSR count). The maximum atomic E-state index is 12.6. The van der Waals surface area contributed by atoms with Gasteiger partial charge in [0.25, 0.3) is 0 Å². The largest absolute Gasteiger partial charge is 0.353 e. The number of hydrogen-bond acceptors (Lipinski definition) is 2. The summed E-state index contributed by atoms with van der Waals surface area (Å²) in [5.41, 5.74) is -0.249. The Hall–Kier alpha value is -0.570. The minimum Gasteiger partial charge on any atom is -0.353 e. The van der Waals surface area contributed by atoms with Crippen molar-refractivity contribution in [1.29, 1.82) is 0 Å². The average Bonchev–Trinajstić information content (AvgIpc) is 2.39. The number of rotatable bonds is 2. The van der Waals surface area contributed by atoms with E-state index >= 15 is 0 Å². The fourth-order valence-electron chi connectivity index (χ4n) is 6.22. The molecule has 0 aromatic rings. The quantitative estimate of drug-likeness (QED) is 0.798. The molecule has 1 aliphatic heterocycles. The van der Waals surface area contributed by atoms with Crippen LogP contribution in [0.1, 0.15) is 45.4 Å². The van der Waals surface area contributed by atoms with Gasteiger partial charge in [-0.3, -0.25) is 4.79 Å². The molecule has 0 aromatic carbocycles. The molecule has 4 aliphatic carbocycles. The summed E-state index contributed by atoms with van der Waals surface area (Å²) in [6.07, 6.45) is 8.02. The molecule has 0 aromatic heterocycles. The highest BCUT2D eigenvalue weighted by atomic mass is 16.2. The van der Waals surface area contributed by atoms with E-state index in [-0.39, 0.29) is 5.54 Å². The summed E-state index contributed by atoms with van der Waals surface area (Å²) in [6.45, 7) is 3.94. The zero-order chi connectivity index (χ0) is 13.0. The van der Waals surface area contributed by atoms with Crippen LogP contribution in [0.3, 0.4) is 0 Å². The van der Waals surface area contributed by atoms with Crippen molar-refractivity contribution in [2.75, 3.05) is 13.1 Å². The van der Waals surface area contributed by atoms with E-state index in [1.807, 2.05) is 0 Å². The van der Waals surface area contributed by atoms with Gasteiger partial charge in [-0.15, -0.1) is 0 Å². The fraction of sp³-hybridized carbons (Fsp3) is 0.938. The average molecular weight is 262 g/mol. The van der Waals surface area contributed by atoms with Crippen LogP contribution in [0.25, 0.3) is 0 Å². The predicted octanol–water partition coefficient (Wildman–Crippen LogP) is 1.93. The molecule has 1 amide bonds. The van der Waals surface area contributed by atoms with E-state index in [2.05, 4.69) is 17.6 Å². The van der Waals surface area contributed by atoms with Gasteiger partial charge in [-0.25, -0.2) is 0 Å². The minimum atomic E-state index is -0.249. The van der Waals surface area contributed by atoms with Crippen LogP contribution < -0.4 is 10.6 Å². The number of amides is 1. The van der Waals surface area contributed by atoms with Crippen molar-refractivity contribution in [3.63, 3.8) is 0 Å². The Morgan fingerprint density at radius 2 is 1.68 bits per heavy atom. The van der Waals surface area contributed by atoms with Crippen molar-refractivity contribution < 1.29 is 4.79 Å². The van der Waals surface area contributed by atoms with Crippen LogP contribution in [0.5, 0.6) is 0 Å². The molecule has 5 fully saturated rings. The zero-order valence-corrected chi connectivity index (χ0v) is 12.0. The van der Waals surface area contributed by atoms with E-state index in [1.54, 1.807) is 0 Å². The first-order valence-electron chi connectivity index (χ1n) is 8.26. The van der Waals surface area contributed by atoms with Gasteiger partial charge in [0.15, 0.2) is 0 Å². The highest BCUT2D eigenvalue weighted by molar-refractivity contribution is 5.87. The lowest BCUT2D eigenvalue weighted by molar-refractivity contribution is -0.143. The van der Waals surface area contributed by atoms with Crippen LogP contribution >= 0.6 is 0 Å². The van der Waals surface area contributed by atoms with Crippen molar-refractivity contribution in [2.45, 2.75) is 51.0 Å². The highest BCUT2D eigenvalue weighted by Crippen LogP contribution is 2.59. The molecule has 1 saturated heterocycles. The zero-order valence-electron chi connectivity index (χ0n) is 12.0. The van der Waals surface area contributed by atoms with Crippen molar-refractivity contribution in [3.8, 4) is 0 Å². The highest BCUT2D eigenvalue weighted by Gasteiger charge is 2.58. The van der Waals surface area contributed by atoms with Gasteiger partial charge >= 0.3 is 0 Å². The second-order valence-electron chi connectivity index (χ2n) is 7.46. The van der Waals surface area contributed by atoms with E-state index in [0.717, 1.165) is 43.2 Å². The van der Waals surface area contributed by atoms with Gasteiger partial charge in [0.05, 0.1) is 0 Å². The first kappa shape index (κ1) is 12.2. The molecule has 2 N–H and O–H groups in total. The summed E-state index contributed by atoms with van der Waals surface area (Å²) in [7, 11) is 0. The standard InChI is InChI=1S/C16H26N2O/c1-2-16(15(19)17-3-4-18-16)14-12-6-10-5-11(8-12)9-13(14)7-10/h10-14,18H,2-9H2,1H3,(H,17,19). The predicted molar refractivity (Wildman–Crippen MR) is 74.6 cm³/mol. The molecule has 1 unspecified atom stereocenters. The molecular formula is C16H26N2O. The summed E-state index contributed by atoms with van der Waals surface area (Å²) >= 11 is 0. The Morgan fingerprint density at radius 1 is 1.05 bits per heavy atom. The summed E-state index contributed by atoms with van der Waals surface area (Å²) in [6, 6.07) is 0. The number of piperazine rings is 1. The second-order valence-corrected chi connectivity index (χ2v) is 7.46. The number of carbonyl (C=O) groups is 1. The molecule has 1 heterocycles. The lowest BCUT2D eigenvalue weighted by atomic mass is 9.47. The Labute approximate surface area is 115 Å². The fourth-order valence-corrected chi connectivity index (χ4v) is 6.22. The molecule has 3 nitrogen and oxygen atoms in total. The Balaban J connectivity index is 1.68. The van der Waals surface area contributed by atoms with Gasteiger partial charge in [0.1, 0.15) is 5.54 Å². The van der Waals surface area contributed by atoms with Crippen LogP contribution in [-0.2, 0) is 4.79 Å². The van der Waals surface area contributed by atoms with Crippen LogP contribution in [-0.4, -0.2) is 24.5 Å². The van der Waals surface area contributed by atoms with E-state index in [1.165, 1.54) is 32.1 Å². The lowest BCUT2D eigenvalue weighted by Gasteiger charge is -2.60. The Kier molecular flexibility index (Phi) is 2.70. The van der Waals surface area contributed by atoms with Gasteiger partial charge in [0, 0.05) is 13.1 Å². The number of nitrogens with one attached hydrogen (secondary N) is 2. The second kappa shape index (κ2) is 4.21. The SMILES string of the molecule is CCC1(C2C3CC4CC(C3)CC2C4)NCCNC1=O. The molecule has 4 bridgehead atoms. The third kappa shape index (κ3) is 1.63. The first-order valence-corrected chi connectivity index (χ1v) is 8.26. The van der Waals surface area contributed by atoms with E-state index in [0.29, 0.717) is 11.8 Å². The topological polar surface area (TPSA) is 41.1 Å². The van der Waals surface area contributed by atoms with E-state index < -0.39 is 0 Å². The van der Waals surface area contributed by atoms with Gasteiger partial charge in [-0.05, 0) is 68.1 Å². The molecule has 5 aliphatic rings. The van der Waals surface area contributed by atoms with Gasteiger partial charge < -0.3 is 10.6 Å². The molecule has 19 heavy (non-hydrogen) atoms. The minimum absolute atomic E-state index is 0.249. The van der Waals surface area contributed by atoms with Crippen LogP contribution in [0.15, 0.2) is 0 Å². The number of carbonyl (C=O) groups excluding carboxylic acids is 1. The molecular weight excluding hydrogens is 236 g/mol. The molecule has 0 spiro atoms. The van der Waals surface area contributed by atoms with E-state index in [9.17, 15) is 4.79 Å². The summed E-state index contributed by atoms with van der Waals surface area (Å²) in [5, 5.41) is 6.78. The van der Waals surface area contributed by atoms with Crippen molar-refractivity contribution in [1.82, 2.24) is 10.6 Å². The maximum absolute atomic E-state index is 12.6. The third-order valence-electron chi connectivity index (χ3n) is 6.61. The van der Waals surface area contributed by atoms with Gasteiger partial charge in [0.2, 0.25) is 5.91 Å². The third-order valence-corrected chi connectivity index (χ3v) is 6.61. The first-order chi connectivity index (χ1) is 9.23. The molecule has 4 saturated carbocycles.